The summed E-state index contributed by atoms with van der Waals surface area (Å²) in [5.41, 5.74) is 7.04. The first-order valence-electron chi connectivity index (χ1n) is 7.12. The molecule has 0 spiro atoms. The van der Waals surface area contributed by atoms with Crippen molar-refractivity contribution < 1.29 is 8.81 Å². The Morgan fingerprint density at radius 1 is 1.38 bits per heavy atom. The van der Waals surface area contributed by atoms with Crippen LogP contribution >= 0.6 is 15.9 Å². The summed E-state index contributed by atoms with van der Waals surface area (Å²) in [6, 6.07) is 9.60. The van der Waals surface area contributed by atoms with Crippen molar-refractivity contribution in [2.24, 2.45) is 5.73 Å². The maximum absolute atomic E-state index is 13.4. The summed E-state index contributed by atoms with van der Waals surface area (Å²) in [6.07, 6.45) is 4.05. The molecule has 3 nitrogen and oxygen atoms in total. The first kappa shape index (κ1) is 14.8. The lowest BCUT2D eigenvalue weighted by Gasteiger charge is -2.30. The largest absolute Gasteiger partial charge is 0.468 e. The molecule has 21 heavy (non-hydrogen) atoms. The molecule has 1 aliphatic rings. The molecule has 2 N–H and O–H groups in total. The molecule has 0 bridgehead atoms. The van der Waals surface area contributed by atoms with Crippen molar-refractivity contribution in [2.75, 3.05) is 6.54 Å². The highest BCUT2D eigenvalue weighted by atomic mass is 79.9. The van der Waals surface area contributed by atoms with Crippen LogP contribution in [-0.2, 0) is 6.54 Å². The summed E-state index contributed by atoms with van der Waals surface area (Å²) in [4.78, 5) is 2.36. The summed E-state index contributed by atoms with van der Waals surface area (Å²) < 4.78 is 19.4. The lowest BCUT2D eigenvalue weighted by Crippen LogP contribution is -2.35. The van der Waals surface area contributed by atoms with Crippen molar-refractivity contribution >= 4 is 15.9 Å². The lowest BCUT2D eigenvalue weighted by molar-refractivity contribution is 0.168. The Bertz CT molecular complexity index is 598. The van der Waals surface area contributed by atoms with Gasteiger partial charge in [-0.05, 0) is 58.6 Å². The number of benzene rings is 1. The van der Waals surface area contributed by atoms with Crippen LogP contribution in [0.5, 0.6) is 0 Å². The fraction of sp³-hybridized carbons (Fsp3) is 0.375. The van der Waals surface area contributed by atoms with E-state index in [9.17, 15) is 4.39 Å². The Kier molecular flexibility index (Phi) is 4.42. The fourth-order valence-corrected chi connectivity index (χ4v) is 3.06. The predicted molar refractivity (Wildman–Crippen MR) is 83.2 cm³/mol. The molecule has 1 aliphatic carbocycles. The molecule has 1 unspecified atom stereocenters. The molecular formula is C16H18BrFN2O. The molecule has 0 saturated heterocycles. The molecule has 2 aromatic rings. The molecule has 1 fully saturated rings. The van der Waals surface area contributed by atoms with Crippen LogP contribution in [0.1, 0.15) is 30.2 Å². The molecule has 3 rings (SSSR count). The van der Waals surface area contributed by atoms with Gasteiger partial charge in [-0.1, -0.05) is 6.07 Å². The van der Waals surface area contributed by atoms with E-state index < -0.39 is 0 Å². The van der Waals surface area contributed by atoms with E-state index in [-0.39, 0.29) is 11.9 Å². The fourth-order valence-electron chi connectivity index (χ4n) is 2.67. The van der Waals surface area contributed by atoms with Gasteiger partial charge >= 0.3 is 0 Å². The SMILES string of the molecule is NCC(c1ccc(F)c(Br)c1)N(Cc1ccco1)C1CC1. The van der Waals surface area contributed by atoms with E-state index >= 15 is 0 Å². The van der Waals surface area contributed by atoms with Crippen molar-refractivity contribution in [3.63, 3.8) is 0 Å². The van der Waals surface area contributed by atoms with Gasteiger partial charge in [0.2, 0.25) is 0 Å². The molecule has 1 aromatic carbocycles. The molecule has 0 aliphatic heterocycles. The Morgan fingerprint density at radius 3 is 2.76 bits per heavy atom. The molecule has 5 heteroatoms. The number of furan rings is 1. The average molecular weight is 353 g/mol. The Balaban J connectivity index is 1.86. The van der Waals surface area contributed by atoms with Crippen molar-refractivity contribution in [1.29, 1.82) is 0 Å². The van der Waals surface area contributed by atoms with Crippen LogP contribution in [0, 0.1) is 5.82 Å². The summed E-state index contributed by atoms with van der Waals surface area (Å²) in [5.74, 6) is 0.681. The number of nitrogens with two attached hydrogens (primary N) is 1. The minimum Gasteiger partial charge on any atom is -0.468 e. The van der Waals surface area contributed by atoms with Crippen LogP contribution in [0.3, 0.4) is 0 Å². The topological polar surface area (TPSA) is 42.4 Å². The number of halogens is 2. The van der Waals surface area contributed by atoms with E-state index in [1.54, 1.807) is 6.26 Å². The maximum atomic E-state index is 13.4. The predicted octanol–water partition coefficient (Wildman–Crippen LogP) is 3.85. The van der Waals surface area contributed by atoms with Gasteiger partial charge in [0.05, 0.1) is 17.3 Å². The zero-order valence-electron chi connectivity index (χ0n) is 11.6. The zero-order valence-corrected chi connectivity index (χ0v) is 13.2. The number of hydrogen-bond donors (Lipinski definition) is 1. The van der Waals surface area contributed by atoms with Gasteiger partial charge in [0.15, 0.2) is 0 Å². The van der Waals surface area contributed by atoms with Crippen molar-refractivity contribution in [3.05, 3.63) is 58.2 Å². The van der Waals surface area contributed by atoms with Gasteiger partial charge in [0.1, 0.15) is 11.6 Å². The van der Waals surface area contributed by atoms with Gasteiger partial charge in [-0.3, -0.25) is 4.90 Å². The first-order chi connectivity index (χ1) is 10.2. The van der Waals surface area contributed by atoms with Gasteiger partial charge in [0.25, 0.3) is 0 Å². The highest BCUT2D eigenvalue weighted by molar-refractivity contribution is 9.10. The van der Waals surface area contributed by atoms with Gasteiger partial charge in [-0.2, -0.15) is 0 Å². The highest BCUT2D eigenvalue weighted by Gasteiger charge is 2.34. The standard InChI is InChI=1S/C16H18BrFN2O/c17-14-8-11(3-6-15(14)18)16(9-19)20(12-4-5-12)10-13-2-1-7-21-13/h1-3,6-8,12,16H,4-5,9-10,19H2. The van der Waals surface area contributed by atoms with Crippen molar-refractivity contribution in [1.82, 2.24) is 4.90 Å². The van der Waals surface area contributed by atoms with Crippen molar-refractivity contribution in [3.8, 4) is 0 Å². The smallest absolute Gasteiger partial charge is 0.137 e. The number of rotatable bonds is 6. The van der Waals surface area contributed by atoms with Crippen LogP contribution in [0.4, 0.5) is 4.39 Å². The van der Waals surface area contributed by atoms with Crippen LogP contribution in [0.25, 0.3) is 0 Å². The highest BCUT2D eigenvalue weighted by Crippen LogP contribution is 2.36. The Morgan fingerprint density at radius 2 is 2.19 bits per heavy atom. The molecule has 1 saturated carbocycles. The van der Waals surface area contributed by atoms with E-state index in [4.69, 9.17) is 10.2 Å². The van der Waals surface area contributed by atoms with Crippen LogP contribution < -0.4 is 5.73 Å². The summed E-state index contributed by atoms with van der Waals surface area (Å²) in [7, 11) is 0. The Labute approximate surface area is 132 Å². The summed E-state index contributed by atoms with van der Waals surface area (Å²) in [6.45, 7) is 1.23. The normalized spacial score (nSPS) is 16.4. The van der Waals surface area contributed by atoms with Gasteiger partial charge in [0, 0.05) is 18.6 Å². The maximum Gasteiger partial charge on any atom is 0.137 e. The minimum absolute atomic E-state index is 0.0690. The third-order valence-corrected chi connectivity index (χ3v) is 4.49. The van der Waals surface area contributed by atoms with Crippen LogP contribution in [0.2, 0.25) is 0 Å². The van der Waals surface area contributed by atoms with E-state index in [0.29, 0.717) is 17.1 Å². The number of hydrogen-bond acceptors (Lipinski definition) is 3. The minimum atomic E-state index is -0.251. The quantitative estimate of drug-likeness (QED) is 0.858. The van der Waals surface area contributed by atoms with E-state index in [1.807, 2.05) is 24.3 Å². The molecule has 0 radical (unpaired) electrons. The second-order valence-electron chi connectivity index (χ2n) is 5.41. The van der Waals surface area contributed by atoms with Gasteiger partial charge < -0.3 is 10.2 Å². The third kappa shape index (κ3) is 3.36. The summed E-state index contributed by atoms with van der Waals surface area (Å²) in [5, 5.41) is 0. The third-order valence-electron chi connectivity index (χ3n) is 3.89. The number of nitrogens with zero attached hydrogens (tertiary/aromatic N) is 1. The average Bonchev–Trinajstić information content (AvgIpc) is 3.20. The lowest BCUT2D eigenvalue weighted by atomic mass is 10.0. The second kappa shape index (κ2) is 6.30. The molecule has 1 aromatic heterocycles. The van der Waals surface area contributed by atoms with E-state index in [0.717, 1.165) is 17.9 Å². The molecule has 1 atom stereocenters. The van der Waals surface area contributed by atoms with E-state index in [2.05, 4.69) is 20.8 Å². The second-order valence-corrected chi connectivity index (χ2v) is 6.26. The molecule has 112 valence electrons. The van der Waals surface area contributed by atoms with E-state index in [1.165, 1.54) is 18.9 Å². The molecular weight excluding hydrogens is 335 g/mol. The molecule has 1 heterocycles. The van der Waals surface area contributed by atoms with Crippen LogP contribution in [0.15, 0.2) is 45.5 Å². The monoisotopic (exact) mass is 352 g/mol. The molecule has 0 amide bonds. The summed E-state index contributed by atoms with van der Waals surface area (Å²) >= 11 is 3.25. The Hall–Kier alpha value is -1.17. The van der Waals surface area contributed by atoms with Crippen molar-refractivity contribution in [2.45, 2.75) is 31.5 Å². The van der Waals surface area contributed by atoms with Gasteiger partial charge in [-0.15, -0.1) is 0 Å². The van der Waals surface area contributed by atoms with Crippen LogP contribution in [-0.4, -0.2) is 17.5 Å². The van der Waals surface area contributed by atoms with Gasteiger partial charge in [-0.25, -0.2) is 4.39 Å². The first-order valence-corrected chi connectivity index (χ1v) is 7.91. The zero-order chi connectivity index (χ0) is 14.8.